The molecule has 0 aromatic heterocycles. The number of rotatable bonds is 21. The Bertz CT molecular complexity index is 476. The summed E-state index contributed by atoms with van der Waals surface area (Å²) in [7, 11) is 0. The van der Waals surface area contributed by atoms with Crippen LogP contribution in [-0.4, -0.2) is 25.2 Å². The van der Waals surface area contributed by atoms with Crippen molar-refractivity contribution in [2.75, 3.05) is 13.2 Å². The molecule has 194 valence electrons. The monoisotopic (exact) mass is 466 g/mol. The summed E-state index contributed by atoms with van der Waals surface area (Å²) in [6.45, 7) is 5.31. The molecule has 4 heteroatoms. The van der Waals surface area contributed by atoms with E-state index in [2.05, 4.69) is 13.8 Å². The van der Waals surface area contributed by atoms with Crippen LogP contribution in [0.3, 0.4) is 0 Å². The van der Waals surface area contributed by atoms with Crippen LogP contribution in [0.5, 0.6) is 0 Å². The second-order valence-corrected chi connectivity index (χ2v) is 10.1. The van der Waals surface area contributed by atoms with Gasteiger partial charge >= 0.3 is 11.9 Å². The molecule has 1 rings (SSSR count). The minimum atomic E-state index is -0.302. The van der Waals surface area contributed by atoms with E-state index in [1.165, 1.54) is 83.5 Å². The molecule has 0 N–H and O–H groups in total. The highest BCUT2D eigenvalue weighted by atomic mass is 16.5. The molecule has 0 bridgehead atoms. The van der Waals surface area contributed by atoms with Crippen LogP contribution < -0.4 is 0 Å². The number of carbonyl (C=O) groups excluding carboxylic acids is 2. The smallest absolute Gasteiger partial charge is 0.309 e. The van der Waals surface area contributed by atoms with Crippen molar-refractivity contribution in [3.8, 4) is 0 Å². The van der Waals surface area contributed by atoms with Gasteiger partial charge in [-0.15, -0.1) is 0 Å². The molecular weight excluding hydrogens is 412 g/mol. The van der Waals surface area contributed by atoms with E-state index in [9.17, 15) is 9.59 Å². The fourth-order valence-corrected chi connectivity index (χ4v) is 4.87. The van der Waals surface area contributed by atoms with Crippen molar-refractivity contribution in [2.45, 2.75) is 149 Å². The summed E-state index contributed by atoms with van der Waals surface area (Å²) >= 11 is 0. The molecule has 2 atom stereocenters. The molecule has 4 nitrogen and oxygen atoms in total. The van der Waals surface area contributed by atoms with Gasteiger partial charge < -0.3 is 9.47 Å². The third-order valence-electron chi connectivity index (χ3n) is 7.11. The van der Waals surface area contributed by atoms with Gasteiger partial charge in [-0.25, -0.2) is 0 Å². The first-order valence-corrected chi connectivity index (χ1v) is 14.5. The number of hydrogen-bond acceptors (Lipinski definition) is 4. The first-order valence-electron chi connectivity index (χ1n) is 14.5. The van der Waals surface area contributed by atoms with Gasteiger partial charge in [0.05, 0.1) is 25.0 Å². The standard InChI is InChI=1S/C29H54O4/c1-3-5-7-8-9-10-11-12-13-14-15-16-17-18-21-25-33-29(31)27-23-20-19-22-26(27)28(30)32-24-6-4-2/h26-27H,3-25H2,1-2H3. The van der Waals surface area contributed by atoms with E-state index in [1.807, 2.05) is 0 Å². The van der Waals surface area contributed by atoms with Crippen LogP contribution in [0.25, 0.3) is 0 Å². The maximum absolute atomic E-state index is 12.6. The van der Waals surface area contributed by atoms with Gasteiger partial charge in [0.2, 0.25) is 0 Å². The molecule has 0 amide bonds. The van der Waals surface area contributed by atoms with Gasteiger partial charge in [0.1, 0.15) is 0 Å². The SMILES string of the molecule is CCCCCCCCCCCCCCCCCOC(=O)C1CCCCC1C(=O)OCCCC. The fourth-order valence-electron chi connectivity index (χ4n) is 4.87. The van der Waals surface area contributed by atoms with E-state index in [4.69, 9.17) is 9.47 Å². The van der Waals surface area contributed by atoms with Crippen LogP contribution in [-0.2, 0) is 19.1 Å². The molecule has 0 heterocycles. The molecule has 0 saturated heterocycles. The maximum Gasteiger partial charge on any atom is 0.309 e. The van der Waals surface area contributed by atoms with Crippen molar-refractivity contribution in [1.82, 2.24) is 0 Å². The Hall–Kier alpha value is -1.06. The molecule has 0 aromatic rings. The highest BCUT2D eigenvalue weighted by Gasteiger charge is 2.37. The number of esters is 2. The number of ether oxygens (including phenoxy) is 2. The summed E-state index contributed by atoms with van der Waals surface area (Å²) in [6.07, 6.45) is 25.3. The summed E-state index contributed by atoms with van der Waals surface area (Å²) in [4.78, 5) is 24.9. The van der Waals surface area contributed by atoms with Crippen molar-refractivity contribution < 1.29 is 19.1 Å². The number of hydrogen-bond donors (Lipinski definition) is 0. The van der Waals surface area contributed by atoms with Gasteiger partial charge in [0.15, 0.2) is 0 Å². The van der Waals surface area contributed by atoms with E-state index < -0.39 is 0 Å². The van der Waals surface area contributed by atoms with Crippen molar-refractivity contribution in [1.29, 1.82) is 0 Å². The van der Waals surface area contributed by atoms with Gasteiger partial charge in [0, 0.05) is 0 Å². The molecule has 1 aliphatic rings. The first-order chi connectivity index (χ1) is 16.2. The Morgan fingerprint density at radius 1 is 0.515 bits per heavy atom. The Labute approximate surface area is 205 Å². The maximum atomic E-state index is 12.6. The Balaban J connectivity index is 1.97. The van der Waals surface area contributed by atoms with Crippen LogP contribution in [0.2, 0.25) is 0 Å². The molecular formula is C29H54O4. The van der Waals surface area contributed by atoms with Gasteiger partial charge in [-0.05, 0) is 25.7 Å². The summed E-state index contributed by atoms with van der Waals surface area (Å²) in [5.74, 6) is -0.983. The highest BCUT2D eigenvalue weighted by molar-refractivity contribution is 5.82. The Kier molecular flexibility index (Phi) is 19.5. The van der Waals surface area contributed by atoms with E-state index in [0.717, 1.165) is 51.4 Å². The Morgan fingerprint density at radius 3 is 1.24 bits per heavy atom. The number of carbonyl (C=O) groups is 2. The molecule has 0 aliphatic heterocycles. The van der Waals surface area contributed by atoms with Crippen LogP contribution >= 0.6 is 0 Å². The van der Waals surface area contributed by atoms with E-state index in [1.54, 1.807) is 0 Å². The summed E-state index contributed by atoms with van der Waals surface area (Å²) < 4.78 is 10.9. The molecule has 0 aromatic carbocycles. The van der Waals surface area contributed by atoms with Crippen molar-refractivity contribution in [2.24, 2.45) is 11.8 Å². The second-order valence-electron chi connectivity index (χ2n) is 10.1. The van der Waals surface area contributed by atoms with E-state index >= 15 is 0 Å². The van der Waals surface area contributed by atoms with Crippen LogP contribution in [0.15, 0.2) is 0 Å². The van der Waals surface area contributed by atoms with Gasteiger partial charge in [-0.3, -0.25) is 9.59 Å². The average Bonchev–Trinajstić information content (AvgIpc) is 2.83. The third kappa shape index (κ3) is 15.5. The summed E-state index contributed by atoms with van der Waals surface area (Å²) in [5, 5.41) is 0. The quantitative estimate of drug-likeness (QED) is 0.126. The zero-order valence-corrected chi connectivity index (χ0v) is 22.1. The lowest BCUT2D eigenvalue weighted by atomic mass is 9.79. The molecule has 0 radical (unpaired) electrons. The molecule has 0 spiro atoms. The van der Waals surface area contributed by atoms with Gasteiger partial charge in [-0.2, -0.15) is 0 Å². The lowest BCUT2D eigenvalue weighted by Gasteiger charge is -2.28. The van der Waals surface area contributed by atoms with E-state index in [0.29, 0.717) is 13.2 Å². The Morgan fingerprint density at radius 2 is 0.848 bits per heavy atom. The molecule has 2 unspecified atom stereocenters. The highest BCUT2D eigenvalue weighted by Crippen LogP contribution is 2.32. The lowest BCUT2D eigenvalue weighted by Crippen LogP contribution is -2.35. The summed E-state index contributed by atoms with van der Waals surface area (Å²) in [5.41, 5.74) is 0. The van der Waals surface area contributed by atoms with Crippen molar-refractivity contribution >= 4 is 11.9 Å². The van der Waals surface area contributed by atoms with Crippen molar-refractivity contribution in [3.63, 3.8) is 0 Å². The molecule has 1 fully saturated rings. The van der Waals surface area contributed by atoms with Crippen LogP contribution in [0, 0.1) is 11.8 Å². The molecule has 1 aliphatic carbocycles. The molecule has 1 saturated carbocycles. The van der Waals surface area contributed by atoms with Gasteiger partial charge in [-0.1, -0.05) is 123 Å². The average molecular weight is 467 g/mol. The van der Waals surface area contributed by atoms with Crippen molar-refractivity contribution in [3.05, 3.63) is 0 Å². The van der Waals surface area contributed by atoms with E-state index in [-0.39, 0.29) is 23.8 Å². The first kappa shape index (κ1) is 30.0. The van der Waals surface area contributed by atoms with Crippen LogP contribution in [0.4, 0.5) is 0 Å². The predicted octanol–water partition coefficient (Wildman–Crippen LogP) is 8.55. The number of unbranched alkanes of at least 4 members (excludes halogenated alkanes) is 15. The molecule has 33 heavy (non-hydrogen) atoms. The third-order valence-corrected chi connectivity index (χ3v) is 7.11. The zero-order valence-electron chi connectivity index (χ0n) is 22.1. The minimum Gasteiger partial charge on any atom is -0.465 e. The zero-order chi connectivity index (χ0) is 24.0. The second kappa shape index (κ2) is 21.5. The van der Waals surface area contributed by atoms with Gasteiger partial charge in [0.25, 0.3) is 0 Å². The predicted molar refractivity (Wildman–Crippen MR) is 137 cm³/mol. The lowest BCUT2D eigenvalue weighted by molar-refractivity contribution is -0.163. The largest absolute Gasteiger partial charge is 0.465 e. The fraction of sp³-hybridized carbons (Fsp3) is 0.931. The summed E-state index contributed by atoms with van der Waals surface area (Å²) in [6, 6.07) is 0. The minimum absolute atomic E-state index is 0.183. The normalized spacial score (nSPS) is 18.2. The topological polar surface area (TPSA) is 52.6 Å². The van der Waals surface area contributed by atoms with Crippen LogP contribution in [0.1, 0.15) is 149 Å².